The molecule has 0 radical (unpaired) electrons. The van der Waals surface area contributed by atoms with Crippen LogP contribution in [0.3, 0.4) is 0 Å². The van der Waals surface area contributed by atoms with Gasteiger partial charge in [0.05, 0.1) is 5.69 Å². The van der Waals surface area contributed by atoms with Crippen LogP contribution in [-0.4, -0.2) is 23.1 Å². The molecule has 3 heterocycles. The molecule has 3 aromatic carbocycles. The summed E-state index contributed by atoms with van der Waals surface area (Å²) in [6.45, 7) is 4.46. The first-order valence-electron chi connectivity index (χ1n) is 13.5. The van der Waals surface area contributed by atoms with Crippen molar-refractivity contribution in [2.24, 2.45) is 0 Å². The standard InChI is InChI=1S/C31H31N5O4/c1-2-3-13-36-29(24(16-32)35-31(36)23-7-5-4-6-8-23)30(33-17-21-9-11-25-27(14-21)39-19-37-25)34-18-22-10-12-26-28(15-22)40-20-38-26/h4-12,14-15,30,33-34H,2-3,13,17-20H2,1H3. The van der Waals surface area contributed by atoms with Gasteiger partial charge in [-0.25, -0.2) is 4.98 Å². The fourth-order valence-corrected chi connectivity index (χ4v) is 5.00. The summed E-state index contributed by atoms with van der Waals surface area (Å²) in [6, 6.07) is 24.3. The Bertz CT molecular complexity index is 1470. The maximum atomic E-state index is 10.2. The third-order valence-corrected chi connectivity index (χ3v) is 7.05. The zero-order chi connectivity index (χ0) is 27.3. The van der Waals surface area contributed by atoms with Crippen molar-refractivity contribution >= 4 is 0 Å². The molecule has 204 valence electrons. The van der Waals surface area contributed by atoms with Crippen LogP contribution in [0.1, 0.15) is 48.4 Å². The van der Waals surface area contributed by atoms with Crippen LogP contribution in [0.25, 0.3) is 11.4 Å². The number of hydrogen-bond donors (Lipinski definition) is 2. The van der Waals surface area contributed by atoms with E-state index in [1.165, 1.54) is 0 Å². The van der Waals surface area contributed by atoms with Gasteiger partial charge in [-0.1, -0.05) is 55.8 Å². The predicted molar refractivity (Wildman–Crippen MR) is 149 cm³/mol. The summed E-state index contributed by atoms with van der Waals surface area (Å²) < 4.78 is 24.3. The van der Waals surface area contributed by atoms with E-state index in [0.717, 1.165) is 70.6 Å². The fourth-order valence-electron chi connectivity index (χ4n) is 5.00. The van der Waals surface area contributed by atoms with Crippen LogP contribution < -0.4 is 29.6 Å². The molecule has 2 aliphatic heterocycles. The van der Waals surface area contributed by atoms with E-state index < -0.39 is 0 Å². The minimum Gasteiger partial charge on any atom is -0.454 e. The maximum Gasteiger partial charge on any atom is 0.231 e. The number of nitrogens with one attached hydrogen (secondary N) is 2. The number of ether oxygens (including phenoxy) is 4. The molecule has 6 rings (SSSR count). The third-order valence-electron chi connectivity index (χ3n) is 7.05. The lowest BCUT2D eigenvalue weighted by Gasteiger charge is -2.23. The largest absolute Gasteiger partial charge is 0.454 e. The van der Waals surface area contributed by atoms with Gasteiger partial charge in [-0.2, -0.15) is 5.26 Å². The summed E-state index contributed by atoms with van der Waals surface area (Å²) in [5.74, 6) is 3.76. The molecule has 0 bridgehead atoms. The molecule has 40 heavy (non-hydrogen) atoms. The van der Waals surface area contributed by atoms with E-state index in [-0.39, 0.29) is 19.8 Å². The molecule has 0 aliphatic carbocycles. The number of aromatic nitrogens is 2. The van der Waals surface area contributed by atoms with E-state index in [1.54, 1.807) is 0 Å². The van der Waals surface area contributed by atoms with Gasteiger partial charge < -0.3 is 23.5 Å². The molecular formula is C31H31N5O4. The van der Waals surface area contributed by atoms with Crippen molar-refractivity contribution in [3.8, 4) is 40.5 Å². The van der Waals surface area contributed by atoms with Crippen LogP contribution in [0.4, 0.5) is 0 Å². The van der Waals surface area contributed by atoms with Crippen LogP contribution in [-0.2, 0) is 19.6 Å². The molecule has 0 atom stereocenters. The Kier molecular flexibility index (Phi) is 7.53. The van der Waals surface area contributed by atoms with Crippen molar-refractivity contribution in [3.05, 3.63) is 89.2 Å². The Morgan fingerprint density at radius 1 is 0.850 bits per heavy atom. The lowest BCUT2D eigenvalue weighted by atomic mass is 10.1. The first-order chi connectivity index (χ1) is 19.7. The summed E-state index contributed by atoms with van der Waals surface area (Å²) >= 11 is 0. The Morgan fingerprint density at radius 3 is 2.02 bits per heavy atom. The van der Waals surface area contributed by atoms with Gasteiger partial charge in [-0.15, -0.1) is 0 Å². The molecule has 2 aliphatic rings. The smallest absolute Gasteiger partial charge is 0.231 e. The average Bonchev–Trinajstić information content (AvgIpc) is 3.74. The minimum atomic E-state index is -0.368. The Labute approximate surface area is 233 Å². The molecule has 0 saturated heterocycles. The Morgan fingerprint density at radius 2 is 1.45 bits per heavy atom. The highest BCUT2D eigenvalue weighted by Gasteiger charge is 2.26. The second-order valence-electron chi connectivity index (χ2n) is 9.72. The maximum absolute atomic E-state index is 10.2. The van der Waals surface area contributed by atoms with Crippen LogP contribution in [0, 0.1) is 11.3 Å². The molecule has 0 spiro atoms. The number of hydrogen-bond acceptors (Lipinski definition) is 8. The molecule has 9 heteroatoms. The topological polar surface area (TPSA) is 103 Å². The summed E-state index contributed by atoms with van der Waals surface area (Å²) in [5, 5.41) is 17.5. The molecule has 0 saturated carbocycles. The monoisotopic (exact) mass is 537 g/mol. The second kappa shape index (κ2) is 11.7. The lowest BCUT2D eigenvalue weighted by molar-refractivity contribution is 0.173. The molecule has 1 aromatic heterocycles. The van der Waals surface area contributed by atoms with Gasteiger partial charge in [0.1, 0.15) is 18.1 Å². The first-order valence-corrected chi connectivity index (χ1v) is 13.5. The van der Waals surface area contributed by atoms with E-state index in [9.17, 15) is 5.26 Å². The number of fused-ring (bicyclic) bond motifs is 2. The van der Waals surface area contributed by atoms with Crippen molar-refractivity contribution < 1.29 is 18.9 Å². The Hall–Kier alpha value is -4.52. The van der Waals surface area contributed by atoms with E-state index in [1.807, 2.05) is 66.7 Å². The summed E-state index contributed by atoms with van der Waals surface area (Å²) in [4.78, 5) is 4.83. The molecule has 0 fully saturated rings. The van der Waals surface area contributed by atoms with Crippen LogP contribution in [0.5, 0.6) is 23.0 Å². The number of unbranched alkanes of at least 4 members (excludes halogenated alkanes) is 1. The average molecular weight is 538 g/mol. The van der Waals surface area contributed by atoms with E-state index in [0.29, 0.717) is 18.8 Å². The SMILES string of the molecule is CCCCn1c(-c2ccccc2)nc(C#N)c1C(NCc1ccc2c(c1)OCO2)NCc1ccc2c(c1)OCO2. The number of rotatable bonds is 11. The van der Waals surface area contributed by atoms with Crippen molar-refractivity contribution in [1.29, 1.82) is 5.26 Å². The van der Waals surface area contributed by atoms with Gasteiger partial charge in [-0.05, 0) is 41.8 Å². The molecule has 0 amide bonds. The van der Waals surface area contributed by atoms with Crippen LogP contribution in [0.15, 0.2) is 66.7 Å². The highest BCUT2D eigenvalue weighted by atomic mass is 16.7. The second-order valence-corrected chi connectivity index (χ2v) is 9.72. The number of nitrogens with zero attached hydrogens (tertiary/aromatic N) is 3. The summed E-state index contributed by atoms with van der Waals surface area (Å²) in [5.41, 5.74) is 4.28. The normalized spacial score (nSPS) is 13.1. The van der Waals surface area contributed by atoms with Crippen molar-refractivity contribution in [1.82, 2.24) is 20.2 Å². The molecule has 4 aromatic rings. The highest BCUT2D eigenvalue weighted by Crippen LogP contribution is 2.34. The number of imidazole rings is 1. The first kappa shape index (κ1) is 25.7. The van der Waals surface area contributed by atoms with Crippen molar-refractivity contribution in [2.75, 3.05) is 13.6 Å². The highest BCUT2D eigenvalue weighted by molar-refractivity contribution is 5.58. The third kappa shape index (κ3) is 5.32. The quantitative estimate of drug-likeness (QED) is 0.250. The van der Waals surface area contributed by atoms with E-state index in [4.69, 9.17) is 23.9 Å². The van der Waals surface area contributed by atoms with Gasteiger partial charge in [-0.3, -0.25) is 10.6 Å². The van der Waals surface area contributed by atoms with Crippen LogP contribution >= 0.6 is 0 Å². The zero-order valence-electron chi connectivity index (χ0n) is 22.4. The number of nitriles is 1. The van der Waals surface area contributed by atoms with Gasteiger partial charge >= 0.3 is 0 Å². The minimum absolute atomic E-state index is 0.232. The van der Waals surface area contributed by atoms with Crippen molar-refractivity contribution in [2.45, 2.75) is 45.6 Å². The summed E-state index contributed by atoms with van der Waals surface area (Å²) in [6.07, 6.45) is 1.62. The lowest BCUT2D eigenvalue weighted by Crippen LogP contribution is -2.36. The molecular weight excluding hydrogens is 506 g/mol. The fraction of sp³-hybridized carbons (Fsp3) is 0.290. The van der Waals surface area contributed by atoms with Gasteiger partial charge in [0.15, 0.2) is 28.7 Å². The van der Waals surface area contributed by atoms with Gasteiger partial charge in [0.2, 0.25) is 13.6 Å². The van der Waals surface area contributed by atoms with Gasteiger partial charge in [0, 0.05) is 25.2 Å². The van der Waals surface area contributed by atoms with Crippen LogP contribution in [0.2, 0.25) is 0 Å². The molecule has 9 nitrogen and oxygen atoms in total. The Balaban J connectivity index is 1.34. The predicted octanol–water partition coefficient (Wildman–Crippen LogP) is 5.26. The van der Waals surface area contributed by atoms with E-state index >= 15 is 0 Å². The zero-order valence-corrected chi connectivity index (χ0v) is 22.4. The van der Waals surface area contributed by atoms with Gasteiger partial charge in [0.25, 0.3) is 0 Å². The number of benzene rings is 3. The summed E-state index contributed by atoms with van der Waals surface area (Å²) in [7, 11) is 0. The molecule has 2 N–H and O–H groups in total. The van der Waals surface area contributed by atoms with Crippen molar-refractivity contribution in [3.63, 3.8) is 0 Å². The molecule has 0 unspecified atom stereocenters. The van der Waals surface area contributed by atoms with E-state index in [2.05, 4.69) is 28.2 Å².